The van der Waals surface area contributed by atoms with Crippen LogP contribution in [-0.2, 0) is 4.79 Å². The van der Waals surface area contributed by atoms with Crippen LogP contribution < -0.4 is 10.6 Å². The molecule has 1 aromatic rings. The highest BCUT2D eigenvalue weighted by Gasteiger charge is 2.22. The van der Waals surface area contributed by atoms with Crippen LogP contribution >= 0.6 is 0 Å². The number of hydrogen-bond acceptors (Lipinski definition) is 2. The smallest absolute Gasteiger partial charge is 0.319 e. The first kappa shape index (κ1) is 16.7. The van der Waals surface area contributed by atoms with Gasteiger partial charge in [0.2, 0.25) is 0 Å². The van der Waals surface area contributed by atoms with Crippen molar-refractivity contribution in [3.8, 4) is 0 Å². The number of nitrogens with one attached hydrogen (secondary N) is 2. The topological polar surface area (TPSA) is 78.4 Å². The van der Waals surface area contributed by atoms with Crippen molar-refractivity contribution in [2.75, 3.05) is 5.32 Å². The monoisotopic (exact) mass is 308 g/mol. The molecule has 5 nitrogen and oxygen atoms in total. The Morgan fingerprint density at radius 3 is 2.14 bits per heavy atom. The number of carboxylic acids is 1. The van der Waals surface area contributed by atoms with Crippen LogP contribution in [0, 0.1) is 23.3 Å². The van der Waals surface area contributed by atoms with Gasteiger partial charge in [0, 0.05) is 12.1 Å². The molecule has 0 aliphatic carbocycles. The molecule has 1 aromatic carbocycles. The van der Waals surface area contributed by atoms with Crippen molar-refractivity contribution in [1.82, 2.24) is 5.32 Å². The molecular weight excluding hydrogens is 296 g/mol. The van der Waals surface area contributed by atoms with Crippen LogP contribution in [0.3, 0.4) is 0 Å². The molecule has 0 saturated carbocycles. The summed E-state index contributed by atoms with van der Waals surface area (Å²) in [6.45, 7) is 1.58. The maximum atomic E-state index is 13.3. The largest absolute Gasteiger partial charge is 0.481 e. The Kier molecular flexibility index (Phi) is 5.51. The van der Waals surface area contributed by atoms with Crippen molar-refractivity contribution >= 4 is 17.7 Å². The van der Waals surface area contributed by atoms with Gasteiger partial charge in [0.25, 0.3) is 0 Å². The van der Waals surface area contributed by atoms with E-state index in [4.69, 9.17) is 5.11 Å². The maximum absolute atomic E-state index is 13.3. The second-order valence-corrected chi connectivity index (χ2v) is 4.14. The second kappa shape index (κ2) is 6.91. The van der Waals surface area contributed by atoms with Gasteiger partial charge in [-0.05, 0) is 6.42 Å². The summed E-state index contributed by atoms with van der Waals surface area (Å²) in [7, 11) is 0. The molecule has 0 radical (unpaired) electrons. The molecule has 1 atom stereocenters. The van der Waals surface area contributed by atoms with Crippen molar-refractivity contribution in [2.24, 2.45) is 0 Å². The Labute approximate surface area is 117 Å². The third-order valence-electron chi connectivity index (χ3n) is 2.60. The van der Waals surface area contributed by atoms with Gasteiger partial charge in [-0.1, -0.05) is 6.92 Å². The second-order valence-electron chi connectivity index (χ2n) is 4.14. The van der Waals surface area contributed by atoms with E-state index in [1.165, 1.54) is 0 Å². The molecule has 9 heteroatoms. The number of aliphatic carboxylic acids is 1. The maximum Gasteiger partial charge on any atom is 0.319 e. The minimum Gasteiger partial charge on any atom is -0.481 e. The molecule has 21 heavy (non-hydrogen) atoms. The minimum atomic E-state index is -1.75. The quantitative estimate of drug-likeness (QED) is 0.578. The van der Waals surface area contributed by atoms with E-state index in [1.54, 1.807) is 12.2 Å². The number of carbonyl (C=O) groups is 2. The lowest BCUT2D eigenvalue weighted by molar-refractivity contribution is -0.137. The summed E-state index contributed by atoms with van der Waals surface area (Å²) in [4.78, 5) is 22.0. The molecule has 116 valence electrons. The highest BCUT2D eigenvalue weighted by atomic mass is 19.2. The van der Waals surface area contributed by atoms with Crippen molar-refractivity contribution < 1.29 is 32.3 Å². The first-order chi connectivity index (χ1) is 9.76. The number of halogens is 4. The van der Waals surface area contributed by atoms with Crippen molar-refractivity contribution in [1.29, 1.82) is 0 Å². The Hall–Kier alpha value is -2.32. The Balaban J connectivity index is 2.86. The van der Waals surface area contributed by atoms with E-state index >= 15 is 0 Å². The highest BCUT2D eigenvalue weighted by Crippen LogP contribution is 2.24. The number of amides is 2. The van der Waals surface area contributed by atoms with Gasteiger partial charge in [-0.25, -0.2) is 22.4 Å². The van der Waals surface area contributed by atoms with Gasteiger partial charge in [0.05, 0.1) is 6.42 Å². The van der Waals surface area contributed by atoms with E-state index in [1.807, 2.05) is 0 Å². The first-order valence-corrected chi connectivity index (χ1v) is 5.88. The van der Waals surface area contributed by atoms with E-state index in [0.29, 0.717) is 0 Å². The number of carbonyl (C=O) groups excluding carboxylic acids is 1. The zero-order valence-electron chi connectivity index (χ0n) is 10.8. The molecule has 0 heterocycles. The number of urea groups is 1. The summed E-state index contributed by atoms with van der Waals surface area (Å²) in [6, 6.07) is -1.97. The molecule has 0 bridgehead atoms. The molecule has 0 saturated heterocycles. The van der Waals surface area contributed by atoms with Gasteiger partial charge in [-0.2, -0.15) is 0 Å². The Morgan fingerprint density at radius 1 is 1.19 bits per heavy atom. The molecule has 0 aliphatic heterocycles. The predicted octanol–water partition coefficient (Wildman–Crippen LogP) is 2.62. The standard InChI is InChI=1S/C12H12F4N2O3/c1-2-5(3-8(19)20)17-12(21)18-11-9(15)6(13)4-7(14)10(11)16/h4-5H,2-3H2,1H3,(H,19,20)(H2,17,18,21). The number of benzene rings is 1. The highest BCUT2D eigenvalue weighted by molar-refractivity contribution is 5.90. The molecule has 0 aliphatic rings. The lowest BCUT2D eigenvalue weighted by atomic mass is 10.1. The van der Waals surface area contributed by atoms with Crippen LogP contribution in [-0.4, -0.2) is 23.1 Å². The van der Waals surface area contributed by atoms with Crippen molar-refractivity contribution in [3.63, 3.8) is 0 Å². The van der Waals surface area contributed by atoms with Crippen LogP contribution in [0.15, 0.2) is 6.07 Å². The molecule has 3 N–H and O–H groups in total. The molecule has 0 spiro atoms. The lowest BCUT2D eigenvalue weighted by Gasteiger charge is -2.16. The Morgan fingerprint density at radius 2 is 1.71 bits per heavy atom. The fourth-order valence-electron chi connectivity index (χ4n) is 1.53. The summed E-state index contributed by atoms with van der Waals surface area (Å²) in [5.74, 6) is -8.02. The van der Waals surface area contributed by atoms with E-state index in [0.717, 1.165) is 0 Å². The summed E-state index contributed by atoms with van der Waals surface area (Å²) >= 11 is 0. The first-order valence-electron chi connectivity index (χ1n) is 5.88. The fourth-order valence-corrected chi connectivity index (χ4v) is 1.53. The van der Waals surface area contributed by atoms with Gasteiger partial charge in [0.15, 0.2) is 23.3 Å². The zero-order valence-corrected chi connectivity index (χ0v) is 10.8. The molecular formula is C12H12F4N2O3. The van der Waals surface area contributed by atoms with Crippen molar-refractivity contribution in [2.45, 2.75) is 25.8 Å². The molecule has 0 aromatic heterocycles. The molecule has 2 amide bonds. The molecule has 0 fully saturated rings. The van der Waals surface area contributed by atoms with Crippen LogP contribution in [0.25, 0.3) is 0 Å². The van der Waals surface area contributed by atoms with E-state index in [9.17, 15) is 27.2 Å². The number of carboxylic acid groups (broad SMARTS) is 1. The number of anilines is 1. The van der Waals surface area contributed by atoms with Gasteiger partial charge in [-0.15, -0.1) is 0 Å². The summed E-state index contributed by atoms with van der Waals surface area (Å²) in [6.07, 6.45) is -0.172. The van der Waals surface area contributed by atoms with Gasteiger partial charge >= 0.3 is 12.0 Å². The zero-order chi connectivity index (χ0) is 16.2. The van der Waals surface area contributed by atoms with Gasteiger partial charge in [0.1, 0.15) is 5.69 Å². The van der Waals surface area contributed by atoms with Crippen molar-refractivity contribution in [3.05, 3.63) is 29.3 Å². The third kappa shape index (κ3) is 4.33. The average molecular weight is 308 g/mol. The van der Waals surface area contributed by atoms with E-state index < -0.39 is 53.4 Å². The number of rotatable bonds is 5. The van der Waals surface area contributed by atoms with Crippen LogP contribution in [0.5, 0.6) is 0 Å². The summed E-state index contributed by atoms with van der Waals surface area (Å²) in [5.41, 5.74) is -1.28. The number of hydrogen-bond donors (Lipinski definition) is 3. The fraction of sp³-hybridized carbons (Fsp3) is 0.333. The lowest BCUT2D eigenvalue weighted by Crippen LogP contribution is -2.39. The summed E-state index contributed by atoms with van der Waals surface area (Å²) < 4.78 is 52.5. The van der Waals surface area contributed by atoms with Gasteiger partial charge < -0.3 is 15.7 Å². The predicted molar refractivity (Wildman–Crippen MR) is 64.8 cm³/mol. The average Bonchev–Trinajstić information content (AvgIpc) is 2.40. The third-order valence-corrected chi connectivity index (χ3v) is 2.60. The summed E-state index contributed by atoms with van der Waals surface area (Å²) in [5, 5.41) is 12.3. The van der Waals surface area contributed by atoms with Crippen LogP contribution in [0.2, 0.25) is 0 Å². The van der Waals surface area contributed by atoms with Crippen LogP contribution in [0.4, 0.5) is 28.0 Å². The normalized spacial score (nSPS) is 11.9. The van der Waals surface area contributed by atoms with E-state index in [2.05, 4.69) is 5.32 Å². The minimum absolute atomic E-state index is 0.00697. The van der Waals surface area contributed by atoms with E-state index in [-0.39, 0.29) is 12.5 Å². The van der Waals surface area contributed by atoms with Crippen LogP contribution in [0.1, 0.15) is 19.8 Å². The molecule has 1 rings (SSSR count). The molecule has 1 unspecified atom stereocenters. The SMILES string of the molecule is CCC(CC(=O)O)NC(=O)Nc1c(F)c(F)cc(F)c1F. The Bertz CT molecular complexity index is 540. The van der Waals surface area contributed by atoms with Gasteiger partial charge in [-0.3, -0.25) is 4.79 Å².